The summed E-state index contributed by atoms with van der Waals surface area (Å²) in [6.07, 6.45) is 1.00. The van der Waals surface area contributed by atoms with Gasteiger partial charge in [-0.2, -0.15) is 5.10 Å². The first-order chi connectivity index (χ1) is 13.4. The summed E-state index contributed by atoms with van der Waals surface area (Å²) in [5.41, 5.74) is 3.96. The average molecular weight is 443 g/mol. The van der Waals surface area contributed by atoms with E-state index in [-0.39, 0.29) is 0 Å². The van der Waals surface area contributed by atoms with Crippen molar-refractivity contribution in [2.45, 2.75) is 6.92 Å². The molecule has 1 fully saturated rings. The molecule has 0 saturated carbocycles. The van der Waals surface area contributed by atoms with Crippen molar-refractivity contribution in [3.05, 3.63) is 64.1 Å². The van der Waals surface area contributed by atoms with Gasteiger partial charge in [0.15, 0.2) is 5.92 Å². The van der Waals surface area contributed by atoms with Crippen molar-refractivity contribution in [3.8, 4) is 0 Å². The van der Waals surface area contributed by atoms with Crippen molar-refractivity contribution in [3.63, 3.8) is 0 Å². The van der Waals surface area contributed by atoms with Gasteiger partial charge in [-0.1, -0.05) is 33.6 Å². The maximum absolute atomic E-state index is 12.6. The molecule has 0 unspecified atom stereocenters. The van der Waals surface area contributed by atoms with Crippen molar-refractivity contribution >= 4 is 51.6 Å². The Bertz CT molecular complexity index is 970. The molecule has 5 amide bonds. The third kappa shape index (κ3) is 4.15. The van der Waals surface area contributed by atoms with Crippen LogP contribution in [0, 0.1) is 12.8 Å². The Morgan fingerprint density at radius 3 is 2.39 bits per heavy atom. The minimum atomic E-state index is -1.35. The summed E-state index contributed by atoms with van der Waals surface area (Å²) in [6.45, 7) is 1.89. The van der Waals surface area contributed by atoms with Crippen molar-refractivity contribution in [2.24, 2.45) is 11.0 Å². The van der Waals surface area contributed by atoms with E-state index < -0.39 is 29.7 Å². The molecule has 1 heterocycles. The summed E-state index contributed by atoms with van der Waals surface area (Å²) < 4.78 is 0.772. The van der Waals surface area contributed by atoms with Crippen LogP contribution < -0.4 is 15.6 Å². The van der Waals surface area contributed by atoms with Crippen LogP contribution in [0.25, 0.3) is 0 Å². The number of halogens is 1. The van der Waals surface area contributed by atoms with Gasteiger partial charge in [-0.15, -0.1) is 0 Å². The van der Waals surface area contributed by atoms with E-state index in [4.69, 9.17) is 0 Å². The number of anilines is 1. The van der Waals surface area contributed by atoms with Crippen LogP contribution in [0.5, 0.6) is 0 Å². The molecule has 142 valence electrons. The first-order valence-electron chi connectivity index (χ1n) is 8.21. The number of hydrogen-bond donors (Lipinski definition) is 2. The number of hydrazone groups is 1. The maximum Gasteiger partial charge on any atom is 0.335 e. The summed E-state index contributed by atoms with van der Waals surface area (Å²) >= 11 is 3.27. The normalized spacial score (nSPS) is 17.0. The van der Waals surface area contributed by atoms with Crippen LogP contribution in [0.1, 0.15) is 15.9 Å². The molecule has 1 aliphatic rings. The van der Waals surface area contributed by atoms with E-state index in [0.717, 1.165) is 21.2 Å². The molecule has 0 aromatic heterocycles. The highest BCUT2D eigenvalue weighted by Crippen LogP contribution is 2.22. The Balaban J connectivity index is 1.74. The minimum absolute atomic E-state index is 0.306. The van der Waals surface area contributed by atoms with Gasteiger partial charge in [0.1, 0.15) is 0 Å². The molecule has 3 rings (SSSR count). The van der Waals surface area contributed by atoms with Gasteiger partial charge in [-0.05, 0) is 43.3 Å². The number of rotatable bonds is 4. The van der Waals surface area contributed by atoms with Crippen molar-refractivity contribution in [1.29, 1.82) is 0 Å². The lowest BCUT2D eigenvalue weighted by Crippen LogP contribution is -2.58. The molecule has 1 saturated heterocycles. The van der Waals surface area contributed by atoms with E-state index >= 15 is 0 Å². The fourth-order valence-corrected chi connectivity index (χ4v) is 2.76. The van der Waals surface area contributed by atoms with Gasteiger partial charge in [-0.25, -0.2) is 15.1 Å². The second kappa shape index (κ2) is 8.13. The molecular weight excluding hydrogens is 428 g/mol. The van der Waals surface area contributed by atoms with Gasteiger partial charge in [-0.3, -0.25) is 19.7 Å². The molecule has 2 N–H and O–H groups in total. The predicted molar refractivity (Wildman–Crippen MR) is 106 cm³/mol. The molecule has 9 heteroatoms. The standard InChI is InChI=1S/C19H15BrN4O4/c1-11-2-4-12(5-3-11)16(25)23-21-10-15-17(26)22-19(28)24(18(15)27)14-8-6-13(20)7-9-14/h2-10,15H,1H3,(H,23,25)(H,22,26,28)/b21-10-/t15-/m1/s1. The lowest BCUT2D eigenvalue weighted by atomic mass is 10.1. The quantitative estimate of drug-likeness (QED) is 0.430. The van der Waals surface area contributed by atoms with Crippen LogP contribution in [0.15, 0.2) is 58.1 Å². The second-order valence-electron chi connectivity index (χ2n) is 6.01. The Kier molecular flexibility index (Phi) is 5.65. The van der Waals surface area contributed by atoms with Gasteiger partial charge >= 0.3 is 6.03 Å². The largest absolute Gasteiger partial charge is 0.335 e. The van der Waals surface area contributed by atoms with Gasteiger partial charge in [0.2, 0.25) is 5.91 Å². The zero-order valence-electron chi connectivity index (χ0n) is 14.7. The highest BCUT2D eigenvalue weighted by atomic mass is 79.9. The number of urea groups is 1. The van der Waals surface area contributed by atoms with E-state index in [1.807, 2.05) is 6.92 Å². The fourth-order valence-electron chi connectivity index (χ4n) is 2.50. The molecule has 8 nitrogen and oxygen atoms in total. The molecule has 0 bridgehead atoms. The third-order valence-corrected chi connectivity index (χ3v) is 4.52. The van der Waals surface area contributed by atoms with E-state index in [0.29, 0.717) is 11.3 Å². The molecule has 0 radical (unpaired) electrons. The summed E-state index contributed by atoms with van der Waals surface area (Å²) in [5.74, 6) is -3.40. The fraction of sp³-hybridized carbons (Fsp3) is 0.105. The molecule has 2 aromatic carbocycles. The number of barbiturate groups is 1. The first-order valence-corrected chi connectivity index (χ1v) is 9.00. The zero-order chi connectivity index (χ0) is 20.3. The molecular formula is C19H15BrN4O4. The number of carbonyl (C=O) groups is 4. The van der Waals surface area contributed by atoms with Crippen molar-refractivity contribution in [2.75, 3.05) is 4.90 Å². The summed E-state index contributed by atoms with van der Waals surface area (Å²) in [4.78, 5) is 49.7. The third-order valence-electron chi connectivity index (χ3n) is 3.99. The highest BCUT2D eigenvalue weighted by molar-refractivity contribution is 9.10. The minimum Gasteiger partial charge on any atom is -0.276 e. The Labute approximate surface area is 168 Å². The Morgan fingerprint density at radius 2 is 1.75 bits per heavy atom. The topological polar surface area (TPSA) is 108 Å². The second-order valence-corrected chi connectivity index (χ2v) is 6.92. The lowest BCUT2D eigenvalue weighted by molar-refractivity contribution is -0.131. The monoisotopic (exact) mass is 442 g/mol. The summed E-state index contributed by atoms with van der Waals surface area (Å²) in [5, 5.41) is 5.82. The molecule has 1 atom stereocenters. The first kappa shape index (κ1) is 19.4. The van der Waals surface area contributed by atoms with Gasteiger partial charge in [0, 0.05) is 16.3 Å². The van der Waals surface area contributed by atoms with Crippen molar-refractivity contribution < 1.29 is 19.2 Å². The summed E-state index contributed by atoms with van der Waals surface area (Å²) in [7, 11) is 0. The lowest BCUT2D eigenvalue weighted by Gasteiger charge is -2.28. The van der Waals surface area contributed by atoms with E-state index in [9.17, 15) is 19.2 Å². The number of nitrogens with zero attached hydrogens (tertiary/aromatic N) is 2. The molecule has 1 aliphatic heterocycles. The van der Waals surface area contributed by atoms with Crippen LogP contribution in [-0.2, 0) is 9.59 Å². The predicted octanol–water partition coefficient (Wildman–Crippen LogP) is 2.37. The maximum atomic E-state index is 12.6. The van der Waals surface area contributed by atoms with Crippen LogP contribution in [0.2, 0.25) is 0 Å². The number of benzene rings is 2. The Hall–Kier alpha value is -3.33. The molecule has 2 aromatic rings. The molecule has 0 spiro atoms. The van der Waals surface area contributed by atoms with E-state index in [1.54, 1.807) is 48.5 Å². The van der Waals surface area contributed by atoms with E-state index in [2.05, 4.69) is 31.8 Å². The van der Waals surface area contributed by atoms with Crippen molar-refractivity contribution in [1.82, 2.24) is 10.7 Å². The van der Waals surface area contributed by atoms with Gasteiger partial charge < -0.3 is 0 Å². The molecule has 0 aliphatic carbocycles. The average Bonchev–Trinajstić information content (AvgIpc) is 2.66. The number of hydrogen-bond acceptors (Lipinski definition) is 5. The molecule has 28 heavy (non-hydrogen) atoms. The van der Waals surface area contributed by atoms with Crippen LogP contribution in [0.4, 0.5) is 10.5 Å². The van der Waals surface area contributed by atoms with Gasteiger partial charge in [0.05, 0.1) is 5.69 Å². The number of imide groups is 2. The number of aryl methyl sites for hydroxylation is 1. The number of amides is 5. The number of carbonyl (C=O) groups excluding carboxylic acids is 4. The van der Waals surface area contributed by atoms with Crippen LogP contribution in [-0.4, -0.2) is 30.0 Å². The van der Waals surface area contributed by atoms with Crippen LogP contribution in [0.3, 0.4) is 0 Å². The van der Waals surface area contributed by atoms with E-state index in [1.165, 1.54) is 0 Å². The smallest absolute Gasteiger partial charge is 0.276 e. The SMILES string of the molecule is Cc1ccc(C(=O)N/N=C\[C@@H]2C(=O)NC(=O)N(c3ccc(Br)cc3)C2=O)cc1. The zero-order valence-corrected chi connectivity index (χ0v) is 16.3. The van der Waals surface area contributed by atoms with Crippen LogP contribution >= 0.6 is 15.9 Å². The highest BCUT2D eigenvalue weighted by Gasteiger charge is 2.40. The number of nitrogens with one attached hydrogen (secondary N) is 2. The Morgan fingerprint density at radius 1 is 1.11 bits per heavy atom. The summed E-state index contributed by atoms with van der Waals surface area (Å²) in [6, 6.07) is 12.4. The van der Waals surface area contributed by atoms with Gasteiger partial charge in [0.25, 0.3) is 11.8 Å².